The molecule has 3 rings (SSSR count). The lowest BCUT2D eigenvalue weighted by Gasteiger charge is -2.13. The summed E-state index contributed by atoms with van der Waals surface area (Å²) in [6.07, 6.45) is 5.12. The van der Waals surface area contributed by atoms with Crippen LogP contribution in [0.4, 0.5) is 0 Å². The first kappa shape index (κ1) is 13.7. The van der Waals surface area contributed by atoms with Crippen LogP contribution >= 0.6 is 0 Å². The van der Waals surface area contributed by atoms with Gasteiger partial charge >= 0.3 is 0 Å². The van der Waals surface area contributed by atoms with Gasteiger partial charge in [-0.1, -0.05) is 18.2 Å². The Morgan fingerprint density at radius 2 is 2.20 bits per heavy atom. The fraction of sp³-hybridized carbons (Fsp3) is 0.529. The quantitative estimate of drug-likeness (QED) is 0.891. The molecule has 0 bridgehead atoms. The molecule has 0 amide bonds. The Morgan fingerprint density at radius 1 is 1.35 bits per heavy atom. The molecular weight excluding hydrogens is 252 g/mol. The molecule has 1 fully saturated rings. The second kappa shape index (κ2) is 5.98. The van der Waals surface area contributed by atoms with Crippen molar-refractivity contribution in [2.75, 3.05) is 6.61 Å². The van der Waals surface area contributed by atoms with Crippen LogP contribution in [0.1, 0.15) is 49.5 Å². The summed E-state index contributed by atoms with van der Waals surface area (Å²) in [7, 11) is 0. The fourth-order valence-electron chi connectivity index (χ4n) is 3.16. The molecule has 1 aliphatic rings. The van der Waals surface area contributed by atoms with E-state index in [2.05, 4.69) is 0 Å². The number of hydrogen-bond acceptors (Lipinski definition) is 3. The number of benzene rings is 1. The van der Waals surface area contributed by atoms with Gasteiger partial charge in [0.15, 0.2) is 0 Å². The van der Waals surface area contributed by atoms with Crippen molar-refractivity contribution in [1.29, 1.82) is 0 Å². The number of fused-ring (bicyclic) bond motifs is 1. The summed E-state index contributed by atoms with van der Waals surface area (Å²) in [5.74, 6) is 0.829. The summed E-state index contributed by atoms with van der Waals surface area (Å²) < 4.78 is 11.3. The van der Waals surface area contributed by atoms with Gasteiger partial charge in [0.2, 0.25) is 0 Å². The topological polar surface area (TPSA) is 42.6 Å². The molecular formula is C17H22O3. The van der Waals surface area contributed by atoms with Gasteiger partial charge in [0.1, 0.15) is 11.3 Å². The third-order valence-corrected chi connectivity index (χ3v) is 4.18. The summed E-state index contributed by atoms with van der Waals surface area (Å²) >= 11 is 0. The minimum Gasteiger partial charge on any atom is -0.461 e. The first-order chi connectivity index (χ1) is 9.75. The van der Waals surface area contributed by atoms with Crippen LogP contribution in [0.3, 0.4) is 0 Å². The molecule has 2 unspecified atom stereocenters. The Labute approximate surface area is 119 Å². The van der Waals surface area contributed by atoms with Gasteiger partial charge in [-0.25, -0.2) is 0 Å². The maximum atomic E-state index is 10.5. The minimum absolute atomic E-state index is 0.407. The number of rotatable bonds is 5. The highest BCUT2D eigenvalue weighted by atomic mass is 16.5. The van der Waals surface area contributed by atoms with Crippen molar-refractivity contribution in [2.45, 2.75) is 51.2 Å². The molecule has 2 aromatic rings. The molecule has 2 heterocycles. The van der Waals surface area contributed by atoms with Gasteiger partial charge in [0, 0.05) is 17.6 Å². The Hall–Kier alpha value is -1.32. The van der Waals surface area contributed by atoms with Crippen LogP contribution in [0.5, 0.6) is 0 Å². The average molecular weight is 274 g/mol. The first-order valence-electron chi connectivity index (χ1n) is 7.53. The predicted molar refractivity (Wildman–Crippen MR) is 78.7 cm³/mol. The second-order valence-electron chi connectivity index (χ2n) is 5.65. The molecule has 3 heteroatoms. The van der Waals surface area contributed by atoms with E-state index in [9.17, 15) is 5.11 Å². The van der Waals surface area contributed by atoms with Crippen molar-refractivity contribution in [2.24, 2.45) is 0 Å². The maximum absolute atomic E-state index is 10.5. The highest BCUT2D eigenvalue weighted by molar-refractivity contribution is 5.82. The number of aliphatic hydroxyl groups excluding tert-OH is 1. The van der Waals surface area contributed by atoms with Crippen LogP contribution in [-0.2, 0) is 4.74 Å². The van der Waals surface area contributed by atoms with E-state index in [-0.39, 0.29) is 0 Å². The second-order valence-corrected chi connectivity index (χ2v) is 5.65. The van der Waals surface area contributed by atoms with Gasteiger partial charge in [-0.2, -0.15) is 0 Å². The van der Waals surface area contributed by atoms with Crippen LogP contribution in [0, 0.1) is 6.92 Å². The van der Waals surface area contributed by atoms with E-state index in [1.807, 2.05) is 31.2 Å². The molecule has 0 spiro atoms. The van der Waals surface area contributed by atoms with Gasteiger partial charge in [-0.3, -0.25) is 0 Å². The zero-order valence-corrected chi connectivity index (χ0v) is 12.0. The maximum Gasteiger partial charge on any atom is 0.134 e. The molecule has 2 atom stereocenters. The molecule has 1 aliphatic heterocycles. The van der Waals surface area contributed by atoms with E-state index in [0.717, 1.165) is 48.2 Å². The summed E-state index contributed by atoms with van der Waals surface area (Å²) in [6, 6.07) is 7.91. The summed E-state index contributed by atoms with van der Waals surface area (Å²) in [5, 5.41) is 11.5. The van der Waals surface area contributed by atoms with Crippen molar-refractivity contribution < 1.29 is 14.3 Å². The van der Waals surface area contributed by atoms with E-state index in [0.29, 0.717) is 6.10 Å². The third kappa shape index (κ3) is 2.74. The summed E-state index contributed by atoms with van der Waals surface area (Å²) in [6.45, 7) is 2.83. The molecule has 1 aromatic carbocycles. The number of para-hydroxylation sites is 1. The van der Waals surface area contributed by atoms with E-state index in [1.165, 1.54) is 12.8 Å². The molecule has 1 saturated heterocycles. The van der Waals surface area contributed by atoms with E-state index >= 15 is 0 Å². The Bertz CT molecular complexity index is 567. The van der Waals surface area contributed by atoms with Crippen molar-refractivity contribution >= 4 is 11.0 Å². The van der Waals surface area contributed by atoms with Crippen molar-refractivity contribution in [3.63, 3.8) is 0 Å². The number of aliphatic hydroxyl groups is 1. The Kier molecular flexibility index (Phi) is 4.08. The predicted octanol–water partition coefficient (Wildman–Crippen LogP) is 4.12. The SMILES string of the molecule is Cc1oc2ccccc2c1C(O)CCCC1CCCO1. The van der Waals surface area contributed by atoms with Gasteiger partial charge in [-0.05, 0) is 45.1 Å². The van der Waals surface area contributed by atoms with Crippen molar-refractivity contribution in [1.82, 2.24) is 0 Å². The minimum atomic E-state index is -0.444. The van der Waals surface area contributed by atoms with Crippen LogP contribution in [0.25, 0.3) is 11.0 Å². The molecule has 1 N–H and O–H groups in total. The average Bonchev–Trinajstić information content (AvgIpc) is 3.04. The van der Waals surface area contributed by atoms with Crippen LogP contribution in [0.15, 0.2) is 28.7 Å². The Balaban J connectivity index is 1.65. The lowest BCUT2D eigenvalue weighted by Crippen LogP contribution is -2.06. The fourth-order valence-corrected chi connectivity index (χ4v) is 3.16. The summed E-state index contributed by atoms with van der Waals surface area (Å²) in [5.41, 5.74) is 1.81. The van der Waals surface area contributed by atoms with Gasteiger partial charge in [0.25, 0.3) is 0 Å². The standard InChI is InChI=1S/C17H22O3/c1-12-17(14-8-2-3-10-16(14)20-12)15(18)9-4-6-13-7-5-11-19-13/h2-3,8,10,13,15,18H,4-7,9,11H2,1H3. The van der Waals surface area contributed by atoms with E-state index in [4.69, 9.17) is 9.15 Å². The van der Waals surface area contributed by atoms with E-state index in [1.54, 1.807) is 0 Å². The number of hydrogen-bond donors (Lipinski definition) is 1. The van der Waals surface area contributed by atoms with Crippen LogP contribution in [0.2, 0.25) is 0 Å². The number of aryl methyl sites for hydroxylation is 1. The lowest BCUT2D eigenvalue weighted by molar-refractivity contribution is 0.0944. The van der Waals surface area contributed by atoms with Crippen LogP contribution < -0.4 is 0 Å². The molecule has 0 radical (unpaired) electrons. The molecule has 0 aliphatic carbocycles. The highest BCUT2D eigenvalue weighted by Crippen LogP contribution is 2.33. The van der Waals surface area contributed by atoms with E-state index < -0.39 is 6.10 Å². The first-order valence-corrected chi connectivity index (χ1v) is 7.53. The molecule has 1 aromatic heterocycles. The Morgan fingerprint density at radius 3 is 3.00 bits per heavy atom. The monoisotopic (exact) mass is 274 g/mol. The van der Waals surface area contributed by atoms with Crippen molar-refractivity contribution in [3.05, 3.63) is 35.6 Å². The largest absolute Gasteiger partial charge is 0.461 e. The van der Waals surface area contributed by atoms with Gasteiger partial charge in [-0.15, -0.1) is 0 Å². The molecule has 0 saturated carbocycles. The van der Waals surface area contributed by atoms with Crippen molar-refractivity contribution in [3.8, 4) is 0 Å². The molecule has 108 valence electrons. The zero-order chi connectivity index (χ0) is 13.9. The number of ether oxygens (including phenoxy) is 1. The van der Waals surface area contributed by atoms with Gasteiger partial charge < -0.3 is 14.3 Å². The molecule has 3 nitrogen and oxygen atoms in total. The molecule has 20 heavy (non-hydrogen) atoms. The van der Waals surface area contributed by atoms with Gasteiger partial charge in [0.05, 0.1) is 12.2 Å². The third-order valence-electron chi connectivity index (χ3n) is 4.18. The summed E-state index contributed by atoms with van der Waals surface area (Å²) in [4.78, 5) is 0. The lowest BCUT2D eigenvalue weighted by atomic mass is 9.99. The highest BCUT2D eigenvalue weighted by Gasteiger charge is 2.20. The normalized spacial score (nSPS) is 20.6. The van der Waals surface area contributed by atoms with Crippen LogP contribution in [-0.4, -0.2) is 17.8 Å². The number of furan rings is 1. The smallest absolute Gasteiger partial charge is 0.134 e. The zero-order valence-electron chi connectivity index (χ0n) is 12.0.